The number of nitrogens with zero attached hydrogens (tertiary/aromatic N) is 1. The van der Waals surface area contributed by atoms with Gasteiger partial charge in [0.25, 0.3) is 0 Å². The van der Waals surface area contributed by atoms with Crippen LogP contribution in [-0.4, -0.2) is 19.9 Å². The van der Waals surface area contributed by atoms with Crippen LogP contribution in [0.3, 0.4) is 0 Å². The zero-order valence-corrected chi connectivity index (χ0v) is 13.9. The van der Waals surface area contributed by atoms with Crippen molar-refractivity contribution in [3.8, 4) is 0 Å². The smallest absolute Gasteiger partial charge is 0.241 e. The lowest BCUT2D eigenvalue weighted by molar-refractivity contribution is 0.580. The number of nitrogens with one attached hydrogen (secondary N) is 1. The number of nitrogens with two attached hydrogens (primary N) is 1. The highest BCUT2D eigenvalue weighted by Crippen LogP contribution is 2.22. The fourth-order valence-electron chi connectivity index (χ4n) is 2.29. The van der Waals surface area contributed by atoms with Gasteiger partial charge in [0.15, 0.2) is 0 Å². The highest BCUT2D eigenvalue weighted by atomic mass is 32.2. The number of aryl methyl sites for hydroxylation is 3. The molecule has 21 heavy (non-hydrogen) atoms. The number of anilines is 1. The number of rotatable bonds is 5. The Hall–Kier alpha value is -1.44. The molecule has 7 heteroatoms. The lowest BCUT2D eigenvalue weighted by Gasteiger charge is -2.12. The highest BCUT2D eigenvalue weighted by molar-refractivity contribution is 7.89. The van der Waals surface area contributed by atoms with Gasteiger partial charge in [0.2, 0.25) is 10.0 Å². The summed E-state index contributed by atoms with van der Waals surface area (Å²) in [5, 5.41) is 2.89. The average Bonchev–Trinajstić information content (AvgIpc) is 2.72. The first-order chi connectivity index (χ1) is 9.79. The predicted molar refractivity (Wildman–Crippen MR) is 86.1 cm³/mol. The van der Waals surface area contributed by atoms with E-state index in [0.717, 1.165) is 10.7 Å². The summed E-state index contributed by atoms with van der Waals surface area (Å²) in [5.41, 5.74) is 8.58. The minimum Gasteiger partial charge on any atom is -0.399 e. The van der Waals surface area contributed by atoms with E-state index >= 15 is 0 Å². The third-order valence-electron chi connectivity index (χ3n) is 3.05. The van der Waals surface area contributed by atoms with Crippen molar-refractivity contribution in [1.29, 1.82) is 0 Å². The van der Waals surface area contributed by atoms with Crippen LogP contribution >= 0.6 is 11.3 Å². The summed E-state index contributed by atoms with van der Waals surface area (Å²) in [6.07, 6.45) is 0.588. The van der Waals surface area contributed by atoms with Crippen molar-refractivity contribution in [2.75, 3.05) is 12.3 Å². The summed E-state index contributed by atoms with van der Waals surface area (Å²) < 4.78 is 27.5. The molecule has 114 valence electrons. The molecule has 0 saturated heterocycles. The van der Waals surface area contributed by atoms with E-state index in [9.17, 15) is 8.42 Å². The van der Waals surface area contributed by atoms with Crippen molar-refractivity contribution in [1.82, 2.24) is 9.71 Å². The molecular formula is C14H19N3O2S2. The molecule has 0 bridgehead atoms. The number of sulfonamides is 1. The quantitative estimate of drug-likeness (QED) is 0.825. The van der Waals surface area contributed by atoms with Crippen LogP contribution < -0.4 is 10.5 Å². The van der Waals surface area contributed by atoms with Crippen LogP contribution in [0.1, 0.15) is 21.8 Å². The molecular weight excluding hydrogens is 306 g/mol. The number of benzene rings is 1. The van der Waals surface area contributed by atoms with Crippen LogP contribution in [0.2, 0.25) is 0 Å². The van der Waals surface area contributed by atoms with Crippen molar-refractivity contribution in [3.05, 3.63) is 39.3 Å². The predicted octanol–water partition coefficient (Wildman–Crippen LogP) is 2.17. The van der Waals surface area contributed by atoms with Gasteiger partial charge < -0.3 is 5.73 Å². The van der Waals surface area contributed by atoms with Crippen LogP contribution in [-0.2, 0) is 16.4 Å². The van der Waals surface area contributed by atoms with Crippen LogP contribution in [0.5, 0.6) is 0 Å². The van der Waals surface area contributed by atoms with Gasteiger partial charge in [-0.1, -0.05) is 0 Å². The molecule has 1 heterocycles. The lowest BCUT2D eigenvalue weighted by atomic mass is 10.1. The Morgan fingerprint density at radius 1 is 1.24 bits per heavy atom. The number of aromatic nitrogens is 1. The molecule has 3 N–H and O–H groups in total. The Kier molecular flexibility index (Phi) is 4.65. The summed E-state index contributed by atoms with van der Waals surface area (Å²) >= 11 is 1.54. The van der Waals surface area contributed by atoms with Crippen molar-refractivity contribution in [2.45, 2.75) is 32.1 Å². The molecule has 0 radical (unpaired) electrons. The Bertz CT molecular complexity index is 728. The van der Waals surface area contributed by atoms with Gasteiger partial charge in [-0.25, -0.2) is 18.1 Å². The summed E-state index contributed by atoms with van der Waals surface area (Å²) in [6.45, 7) is 5.76. The van der Waals surface area contributed by atoms with Crippen LogP contribution in [0.25, 0.3) is 0 Å². The Labute approximate surface area is 129 Å². The SMILES string of the molecule is Cc1csc(CCNS(=O)(=O)c2c(C)cc(N)cc2C)n1. The monoisotopic (exact) mass is 325 g/mol. The molecule has 2 aromatic rings. The van der Waals surface area contributed by atoms with Crippen LogP contribution in [0.4, 0.5) is 5.69 Å². The third-order valence-corrected chi connectivity index (χ3v) is 5.84. The number of nitrogen functional groups attached to an aromatic ring is 1. The van der Waals surface area contributed by atoms with Gasteiger partial charge in [-0.15, -0.1) is 11.3 Å². The first-order valence-electron chi connectivity index (χ1n) is 6.57. The Balaban J connectivity index is 2.12. The minimum atomic E-state index is -3.53. The van der Waals surface area contributed by atoms with Gasteiger partial charge >= 0.3 is 0 Å². The van der Waals surface area contributed by atoms with Crippen molar-refractivity contribution in [3.63, 3.8) is 0 Å². The third kappa shape index (κ3) is 3.81. The second-order valence-electron chi connectivity index (χ2n) is 5.01. The Morgan fingerprint density at radius 3 is 2.38 bits per heavy atom. The highest BCUT2D eigenvalue weighted by Gasteiger charge is 2.19. The van der Waals surface area contributed by atoms with E-state index in [1.165, 1.54) is 0 Å². The molecule has 0 atom stereocenters. The normalized spacial score (nSPS) is 11.8. The zero-order chi connectivity index (χ0) is 15.6. The maximum absolute atomic E-state index is 12.4. The van der Waals surface area contributed by atoms with E-state index in [0.29, 0.717) is 34.7 Å². The molecule has 0 spiro atoms. The average molecular weight is 325 g/mol. The summed E-state index contributed by atoms with van der Waals surface area (Å²) in [7, 11) is -3.53. The molecule has 0 unspecified atom stereocenters. The molecule has 0 aliphatic heterocycles. The molecule has 0 fully saturated rings. The maximum Gasteiger partial charge on any atom is 0.241 e. The van der Waals surface area contributed by atoms with Gasteiger partial charge in [0.05, 0.1) is 9.90 Å². The molecule has 2 rings (SSSR count). The first kappa shape index (κ1) is 15.9. The maximum atomic E-state index is 12.4. The number of hydrogen-bond acceptors (Lipinski definition) is 5. The van der Waals surface area contributed by atoms with E-state index in [4.69, 9.17) is 5.73 Å². The van der Waals surface area contributed by atoms with Crippen LogP contribution in [0.15, 0.2) is 22.4 Å². The Morgan fingerprint density at radius 2 is 1.86 bits per heavy atom. The van der Waals surface area contributed by atoms with E-state index in [1.54, 1.807) is 37.3 Å². The van der Waals surface area contributed by atoms with Crippen molar-refractivity contribution >= 4 is 27.0 Å². The van der Waals surface area contributed by atoms with Crippen molar-refractivity contribution < 1.29 is 8.42 Å². The second-order valence-corrected chi connectivity index (χ2v) is 7.66. The fourth-order valence-corrected chi connectivity index (χ4v) is 4.55. The fraction of sp³-hybridized carbons (Fsp3) is 0.357. The van der Waals surface area contributed by atoms with Gasteiger partial charge in [-0.3, -0.25) is 0 Å². The summed E-state index contributed by atoms with van der Waals surface area (Å²) in [5.74, 6) is 0. The number of thiazole rings is 1. The van der Waals surface area contributed by atoms with E-state index in [-0.39, 0.29) is 0 Å². The molecule has 1 aromatic carbocycles. The largest absolute Gasteiger partial charge is 0.399 e. The van der Waals surface area contributed by atoms with E-state index in [1.807, 2.05) is 12.3 Å². The van der Waals surface area contributed by atoms with E-state index < -0.39 is 10.0 Å². The first-order valence-corrected chi connectivity index (χ1v) is 8.93. The van der Waals surface area contributed by atoms with Gasteiger partial charge in [0, 0.05) is 29.7 Å². The lowest BCUT2D eigenvalue weighted by Crippen LogP contribution is -2.27. The zero-order valence-electron chi connectivity index (χ0n) is 12.3. The van der Waals surface area contributed by atoms with E-state index in [2.05, 4.69) is 9.71 Å². The molecule has 5 nitrogen and oxygen atoms in total. The van der Waals surface area contributed by atoms with Gasteiger partial charge in [-0.2, -0.15) is 0 Å². The van der Waals surface area contributed by atoms with Gasteiger partial charge in [0.1, 0.15) is 0 Å². The topological polar surface area (TPSA) is 85.1 Å². The second kappa shape index (κ2) is 6.13. The molecule has 0 saturated carbocycles. The molecule has 0 aliphatic carbocycles. The standard InChI is InChI=1S/C14H19N3O2S2/c1-9-6-12(15)7-10(2)14(9)21(18,19)16-5-4-13-17-11(3)8-20-13/h6-8,16H,4-5,15H2,1-3H3. The number of hydrogen-bond donors (Lipinski definition) is 2. The van der Waals surface area contributed by atoms with Gasteiger partial charge in [-0.05, 0) is 44.0 Å². The van der Waals surface area contributed by atoms with Crippen LogP contribution in [0, 0.1) is 20.8 Å². The molecule has 0 amide bonds. The molecule has 0 aliphatic rings. The minimum absolute atomic E-state index is 0.312. The summed E-state index contributed by atoms with van der Waals surface area (Å²) in [6, 6.07) is 3.34. The molecule has 1 aromatic heterocycles. The summed E-state index contributed by atoms with van der Waals surface area (Å²) in [4.78, 5) is 4.63. The van der Waals surface area contributed by atoms with Crippen molar-refractivity contribution in [2.24, 2.45) is 0 Å².